The number of anilines is 2. The van der Waals surface area contributed by atoms with Gasteiger partial charge in [-0.1, -0.05) is 35.9 Å². The Morgan fingerprint density at radius 3 is 2.63 bits per heavy atom. The van der Waals surface area contributed by atoms with E-state index in [4.69, 9.17) is 17.3 Å². The summed E-state index contributed by atoms with van der Waals surface area (Å²) in [5, 5.41) is 8.56. The molecule has 0 saturated carbocycles. The number of guanidine groups is 2. The SMILES string of the molecule is NC(=NC1=N[C@H](CC(=O)Nc2cccc(Cl)c2)C(=O)N1)Nc1ccccc1. The molecule has 2 aromatic carbocycles. The van der Waals surface area contributed by atoms with Crippen molar-refractivity contribution in [2.24, 2.45) is 15.7 Å². The number of nitrogens with zero attached hydrogens (tertiary/aromatic N) is 2. The fourth-order valence-corrected chi connectivity index (χ4v) is 2.58. The van der Waals surface area contributed by atoms with Crippen LogP contribution in [0.2, 0.25) is 5.02 Å². The van der Waals surface area contributed by atoms with Gasteiger partial charge in [-0.15, -0.1) is 0 Å². The zero-order valence-corrected chi connectivity index (χ0v) is 14.9. The molecule has 0 fully saturated rings. The van der Waals surface area contributed by atoms with Gasteiger partial charge in [-0.3, -0.25) is 14.9 Å². The van der Waals surface area contributed by atoms with Gasteiger partial charge in [0.1, 0.15) is 6.04 Å². The lowest BCUT2D eigenvalue weighted by Gasteiger charge is -2.07. The minimum atomic E-state index is -0.868. The number of nitrogens with one attached hydrogen (secondary N) is 3. The van der Waals surface area contributed by atoms with E-state index in [0.29, 0.717) is 10.7 Å². The van der Waals surface area contributed by atoms with E-state index in [1.165, 1.54) is 0 Å². The number of hydrogen-bond acceptors (Lipinski definition) is 4. The normalized spacial score (nSPS) is 16.5. The van der Waals surface area contributed by atoms with E-state index in [1.807, 2.05) is 30.3 Å². The third kappa shape index (κ3) is 5.29. The number of halogens is 1. The Bertz CT molecular complexity index is 913. The summed E-state index contributed by atoms with van der Waals surface area (Å²) < 4.78 is 0. The van der Waals surface area contributed by atoms with Crippen LogP contribution in [-0.4, -0.2) is 29.8 Å². The Kier molecular flexibility index (Phi) is 5.68. The molecular weight excluding hydrogens is 368 g/mol. The predicted molar refractivity (Wildman–Crippen MR) is 106 cm³/mol. The minimum Gasteiger partial charge on any atom is -0.369 e. The van der Waals surface area contributed by atoms with Crippen molar-refractivity contribution in [2.45, 2.75) is 12.5 Å². The summed E-state index contributed by atoms with van der Waals surface area (Å²) >= 11 is 5.88. The van der Waals surface area contributed by atoms with Crippen LogP contribution >= 0.6 is 11.6 Å². The van der Waals surface area contributed by atoms with Crippen LogP contribution in [0.1, 0.15) is 6.42 Å². The molecule has 2 aromatic rings. The quantitative estimate of drug-likeness (QED) is 0.475. The second-order valence-corrected chi connectivity index (χ2v) is 6.14. The van der Waals surface area contributed by atoms with E-state index < -0.39 is 11.9 Å². The number of aliphatic imine (C=N–C) groups is 2. The van der Waals surface area contributed by atoms with E-state index in [9.17, 15) is 9.59 Å². The highest BCUT2D eigenvalue weighted by Crippen LogP contribution is 2.16. The smallest absolute Gasteiger partial charge is 0.252 e. The van der Waals surface area contributed by atoms with Crippen LogP contribution in [0.4, 0.5) is 11.4 Å². The standard InChI is InChI=1S/C18H17ClN6O2/c19-11-5-4-8-13(9-11)21-15(26)10-14-16(27)24-18(23-14)25-17(20)22-12-6-2-1-3-7-12/h1-9,14H,10H2,(H,21,26)(H4,20,22,23,24,25,27)/t14-/m1/s1. The Balaban J connectivity index is 1.60. The zero-order valence-electron chi connectivity index (χ0n) is 14.1. The third-order valence-corrected chi connectivity index (χ3v) is 3.81. The van der Waals surface area contributed by atoms with Gasteiger partial charge in [0, 0.05) is 16.4 Å². The molecule has 27 heavy (non-hydrogen) atoms. The maximum Gasteiger partial charge on any atom is 0.252 e. The summed E-state index contributed by atoms with van der Waals surface area (Å²) in [4.78, 5) is 32.3. The number of rotatable bonds is 4. The first-order chi connectivity index (χ1) is 13.0. The number of carbonyl (C=O) groups excluding carboxylic acids is 2. The summed E-state index contributed by atoms with van der Waals surface area (Å²) in [5.41, 5.74) is 7.11. The molecular formula is C18H17ClN6O2. The van der Waals surface area contributed by atoms with Crippen molar-refractivity contribution < 1.29 is 9.59 Å². The van der Waals surface area contributed by atoms with Crippen LogP contribution in [0.25, 0.3) is 0 Å². The van der Waals surface area contributed by atoms with E-state index in [-0.39, 0.29) is 24.2 Å². The third-order valence-electron chi connectivity index (χ3n) is 3.58. The second kappa shape index (κ2) is 8.33. The summed E-state index contributed by atoms with van der Waals surface area (Å²) in [7, 11) is 0. The van der Waals surface area contributed by atoms with Crippen molar-refractivity contribution in [1.82, 2.24) is 5.32 Å². The van der Waals surface area contributed by atoms with Gasteiger partial charge in [-0.2, -0.15) is 4.99 Å². The summed E-state index contributed by atoms with van der Waals surface area (Å²) in [5.74, 6) is -0.643. The highest BCUT2D eigenvalue weighted by Gasteiger charge is 2.28. The van der Waals surface area contributed by atoms with E-state index in [0.717, 1.165) is 5.69 Å². The highest BCUT2D eigenvalue weighted by molar-refractivity contribution is 6.30. The number of hydrogen-bond donors (Lipinski definition) is 4. The maximum atomic E-state index is 12.1. The van der Waals surface area contributed by atoms with Crippen molar-refractivity contribution in [3.63, 3.8) is 0 Å². The Hall–Kier alpha value is -3.39. The average Bonchev–Trinajstić information content (AvgIpc) is 2.94. The second-order valence-electron chi connectivity index (χ2n) is 5.71. The number of benzene rings is 2. The first kappa shape index (κ1) is 18.4. The summed E-state index contributed by atoms with van der Waals surface area (Å²) in [6.45, 7) is 0. The van der Waals surface area contributed by atoms with Crippen LogP contribution in [-0.2, 0) is 9.59 Å². The average molecular weight is 385 g/mol. The van der Waals surface area contributed by atoms with Crippen molar-refractivity contribution >= 4 is 46.7 Å². The fraction of sp³-hybridized carbons (Fsp3) is 0.111. The summed E-state index contributed by atoms with van der Waals surface area (Å²) in [6.07, 6.45) is -0.122. The monoisotopic (exact) mass is 384 g/mol. The van der Waals surface area contributed by atoms with Crippen LogP contribution in [0, 0.1) is 0 Å². The van der Waals surface area contributed by atoms with Crippen molar-refractivity contribution in [1.29, 1.82) is 0 Å². The molecule has 0 bridgehead atoms. The van der Waals surface area contributed by atoms with Gasteiger partial charge in [0.25, 0.3) is 5.91 Å². The Morgan fingerprint density at radius 2 is 1.89 bits per heavy atom. The van der Waals surface area contributed by atoms with E-state index in [1.54, 1.807) is 24.3 Å². The van der Waals surface area contributed by atoms with Crippen LogP contribution in [0.15, 0.2) is 64.6 Å². The number of nitrogens with two attached hydrogens (primary N) is 1. The molecule has 0 radical (unpaired) electrons. The van der Waals surface area contributed by atoms with E-state index >= 15 is 0 Å². The molecule has 1 aliphatic rings. The highest BCUT2D eigenvalue weighted by atomic mass is 35.5. The topological polar surface area (TPSA) is 121 Å². The molecule has 1 heterocycles. The molecule has 2 amide bonds. The molecule has 138 valence electrons. The first-order valence-corrected chi connectivity index (χ1v) is 8.48. The van der Waals surface area contributed by atoms with Crippen LogP contribution in [0.3, 0.4) is 0 Å². The van der Waals surface area contributed by atoms with Crippen LogP contribution < -0.4 is 21.7 Å². The minimum absolute atomic E-state index is 0.0569. The molecule has 0 unspecified atom stereocenters. The lowest BCUT2D eigenvalue weighted by Crippen LogP contribution is -2.32. The van der Waals surface area contributed by atoms with Gasteiger partial charge in [0.05, 0.1) is 6.42 Å². The van der Waals surface area contributed by atoms with Gasteiger partial charge in [0.2, 0.25) is 17.8 Å². The van der Waals surface area contributed by atoms with Crippen molar-refractivity contribution in [2.75, 3.05) is 10.6 Å². The molecule has 9 heteroatoms. The lowest BCUT2D eigenvalue weighted by atomic mass is 10.2. The largest absolute Gasteiger partial charge is 0.369 e. The number of carbonyl (C=O) groups is 2. The molecule has 0 spiro atoms. The predicted octanol–water partition coefficient (Wildman–Crippen LogP) is 1.95. The summed E-state index contributed by atoms with van der Waals surface area (Å²) in [6, 6.07) is 15.1. The molecule has 3 rings (SSSR count). The van der Waals surface area contributed by atoms with E-state index in [2.05, 4.69) is 25.9 Å². The Morgan fingerprint density at radius 1 is 1.15 bits per heavy atom. The number of para-hydroxylation sites is 1. The van der Waals surface area contributed by atoms with Gasteiger partial charge in [0.15, 0.2) is 0 Å². The van der Waals surface area contributed by atoms with Gasteiger partial charge in [-0.05, 0) is 30.3 Å². The maximum absolute atomic E-state index is 12.1. The molecule has 0 aromatic heterocycles. The first-order valence-electron chi connectivity index (χ1n) is 8.10. The fourth-order valence-electron chi connectivity index (χ4n) is 2.39. The van der Waals surface area contributed by atoms with Gasteiger partial charge in [-0.25, -0.2) is 4.99 Å². The number of amides is 2. The molecule has 8 nitrogen and oxygen atoms in total. The zero-order chi connectivity index (χ0) is 19.2. The molecule has 0 saturated heterocycles. The molecule has 1 atom stereocenters. The van der Waals surface area contributed by atoms with Crippen molar-refractivity contribution in [3.8, 4) is 0 Å². The van der Waals surface area contributed by atoms with Crippen LogP contribution in [0.5, 0.6) is 0 Å². The van der Waals surface area contributed by atoms with Gasteiger partial charge >= 0.3 is 0 Å². The molecule has 5 N–H and O–H groups in total. The molecule has 0 aliphatic carbocycles. The molecule has 1 aliphatic heterocycles. The van der Waals surface area contributed by atoms with Gasteiger partial charge < -0.3 is 16.4 Å². The lowest BCUT2D eigenvalue weighted by molar-refractivity contribution is -0.123. The Labute approximate surface area is 160 Å². The van der Waals surface area contributed by atoms with Crippen molar-refractivity contribution in [3.05, 3.63) is 59.6 Å².